The fourth-order valence-corrected chi connectivity index (χ4v) is 3.58. The molecule has 0 heterocycles. The molecule has 1 aromatic rings. The van der Waals surface area contributed by atoms with E-state index in [1.807, 2.05) is 20.9 Å². The minimum atomic E-state index is -0.663. The minimum absolute atomic E-state index is 0.0679. The summed E-state index contributed by atoms with van der Waals surface area (Å²) in [6, 6.07) is 4.17. The van der Waals surface area contributed by atoms with Gasteiger partial charge in [-0.2, -0.15) is 0 Å². The molecule has 0 unspecified atom stereocenters. The lowest BCUT2D eigenvalue weighted by molar-refractivity contribution is -0.137. The van der Waals surface area contributed by atoms with Crippen molar-refractivity contribution in [1.29, 1.82) is 0 Å². The highest BCUT2D eigenvalue weighted by Crippen LogP contribution is 2.29. The van der Waals surface area contributed by atoms with E-state index >= 15 is 0 Å². The average Bonchev–Trinajstić information content (AvgIpc) is 2.47. The minimum Gasteiger partial charge on any atom is -0.496 e. The Hall–Kier alpha value is -1.55. The van der Waals surface area contributed by atoms with Gasteiger partial charge in [-0.3, -0.25) is 4.79 Å². The molecular weight excluding hydrogens is 276 g/mol. The Balaban J connectivity index is 2.11. The second kappa shape index (κ2) is 6.69. The molecule has 1 aliphatic carbocycles. The first-order valence-corrected chi connectivity index (χ1v) is 8.06. The zero-order valence-electron chi connectivity index (χ0n) is 14.2. The van der Waals surface area contributed by atoms with E-state index in [1.54, 1.807) is 12.0 Å². The number of rotatable bonds is 4. The average molecular weight is 304 g/mol. The Morgan fingerprint density at radius 3 is 2.27 bits per heavy atom. The van der Waals surface area contributed by atoms with Crippen LogP contribution < -0.4 is 10.5 Å². The van der Waals surface area contributed by atoms with Gasteiger partial charge < -0.3 is 15.4 Å². The topological polar surface area (TPSA) is 55.6 Å². The first kappa shape index (κ1) is 16.8. The van der Waals surface area contributed by atoms with Gasteiger partial charge in [0.1, 0.15) is 5.75 Å². The van der Waals surface area contributed by atoms with E-state index in [1.165, 1.54) is 6.42 Å². The van der Waals surface area contributed by atoms with E-state index in [2.05, 4.69) is 12.1 Å². The number of likely N-dealkylation sites (N-methyl/N-ethyl adjacent to an activating group) is 1. The van der Waals surface area contributed by atoms with Crippen molar-refractivity contribution >= 4 is 5.91 Å². The molecule has 0 radical (unpaired) electrons. The molecule has 1 amide bonds. The highest BCUT2D eigenvalue weighted by Gasteiger charge is 2.37. The van der Waals surface area contributed by atoms with Crippen molar-refractivity contribution in [3.63, 3.8) is 0 Å². The monoisotopic (exact) mass is 304 g/mol. The molecule has 122 valence electrons. The molecule has 0 saturated heterocycles. The quantitative estimate of drug-likeness (QED) is 0.930. The van der Waals surface area contributed by atoms with Crippen LogP contribution in [0.4, 0.5) is 0 Å². The maximum atomic E-state index is 12.7. The van der Waals surface area contributed by atoms with Crippen LogP contribution in [0.3, 0.4) is 0 Å². The molecule has 0 aromatic heterocycles. The van der Waals surface area contributed by atoms with Crippen LogP contribution in [0.25, 0.3) is 0 Å². The highest BCUT2D eigenvalue weighted by atomic mass is 16.5. The summed E-state index contributed by atoms with van der Waals surface area (Å²) in [5, 5.41) is 0. The van der Waals surface area contributed by atoms with Gasteiger partial charge in [0.2, 0.25) is 5.91 Å². The largest absolute Gasteiger partial charge is 0.496 e. The number of methoxy groups -OCH3 is 1. The predicted molar refractivity (Wildman–Crippen MR) is 88.9 cm³/mol. The van der Waals surface area contributed by atoms with Crippen LogP contribution in [0.15, 0.2) is 12.1 Å². The Morgan fingerprint density at radius 1 is 1.23 bits per heavy atom. The fraction of sp³-hybridized carbons (Fsp3) is 0.611. The van der Waals surface area contributed by atoms with Gasteiger partial charge in [0.25, 0.3) is 0 Å². The fourth-order valence-electron chi connectivity index (χ4n) is 3.58. The molecule has 0 atom stereocenters. The normalized spacial score (nSPS) is 17.1. The van der Waals surface area contributed by atoms with Crippen LogP contribution in [0.5, 0.6) is 5.75 Å². The summed E-state index contributed by atoms with van der Waals surface area (Å²) in [6.45, 7) is 4.65. The molecule has 0 spiro atoms. The summed E-state index contributed by atoms with van der Waals surface area (Å²) < 4.78 is 5.39. The third-order valence-corrected chi connectivity index (χ3v) is 4.66. The summed E-state index contributed by atoms with van der Waals surface area (Å²) in [4.78, 5) is 14.5. The molecule has 2 N–H and O–H groups in total. The summed E-state index contributed by atoms with van der Waals surface area (Å²) in [6.07, 6.45) is 4.90. The zero-order valence-corrected chi connectivity index (χ0v) is 14.2. The van der Waals surface area contributed by atoms with Crippen molar-refractivity contribution in [3.8, 4) is 5.75 Å². The summed E-state index contributed by atoms with van der Waals surface area (Å²) in [5.74, 6) is 0.985. The second-order valence-corrected chi connectivity index (χ2v) is 6.64. The van der Waals surface area contributed by atoms with Crippen molar-refractivity contribution in [2.45, 2.75) is 58.0 Å². The SMILES string of the molecule is COc1c(C)cc(CN(C)C(=O)C2(N)CCCCC2)cc1C. The molecule has 22 heavy (non-hydrogen) atoms. The molecule has 4 nitrogen and oxygen atoms in total. The standard InChI is InChI=1S/C18H28N2O2/c1-13-10-15(11-14(2)16(13)22-4)12-20(3)17(21)18(19)8-6-5-7-9-18/h10-11H,5-9,12,19H2,1-4H3. The number of ether oxygens (including phenoxy) is 1. The summed E-state index contributed by atoms with van der Waals surface area (Å²) in [7, 11) is 3.53. The Bertz CT molecular complexity index is 525. The predicted octanol–water partition coefficient (Wildman–Crippen LogP) is 2.93. The number of amides is 1. The van der Waals surface area contributed by atoms with Crippen LogP contribution in [0, 0.1) is 13.8 Å². The van der Waals surface area contributed by atoms with Gasteiger partial charge in [0, 0.05) is 13.6 Å². The summed E-state index contributed by atoms with van der Waals surface area (Å²) in [5.41, 5.74) is 9.00. The van der Waals surface area contributed by atoms with E-state index < -0.39 is 5.54 Å². The van der Waals surface area contributed by atoms with E-state index in [0.29, 0.717) is 6.54 Å². The Morgan fingerprint density at radius 2 is 1.77 bits per heavy atom. The van der Waals surface area contributed by atoms with Crippen molar-refractivity contribution in [2.24, 2.45) is 5.73 Å². The zero-order chi connectivity index (χ0) is 16.3. The number of hydrogen-bond acceptors (Lipinski definition) is 3. The lowest BCUT2D eigenvalue weighted by atomic mass is 9.81. The molecular formula is C18H28N2O2. The van der Waals surface area contributed by atoms with E-state index in [0.717, 1.165) is 48.1 Å². The van der Waals surface area contributed by atoms with Crippen LogP contribution in [0.1, 0.15) is 48.8 Å². The van der Waals surface area contributed by atoms with Gasteiger partial charge in [0.05, 0.1) is 12.6 Å². The van der Waals surface area contributed by atoms with Gasteiger partial charge in [-0.15, -0.1) is 0 Å². The lowest BCUT2D eigenvalue weighted by Gasteiger charge is -2.35. The van der Waals surface area contributed by atoms with E-state index in [4.69, 9.17) is 10.5 Å². The van der Waals surface area contributed by atoms with Crippen molar-refractivity contribution in [2.75, 3.05) is 14.2 Å². The van der Waals surface area contributed by atoms with E-state index in [-0.39, 0.29) is 5.91 Å². The van der Waals surface area contributed by atoms with Gasteiger partial charge in [0.15, 0.2) is 0 Å². The molecule has 1 aliphatic rings. The van der Waals surface area contributed by atoms with Gasteiger partial charge in [-0.25, -0.2) is 0 Å². The smallest absolute Gasteiger partial charge is 0.242 e. The molecule has 4 heteroatoms. The number of benzene rings is 1. The maximum Gasteiger partial charge on any atom is 0.242 e. The van der Waals surface area contributed by atoms with Crippen LogP contribution in [0.2, 0.25) is 0 Å². The highest BCUT2D eigenvalue weighted by molar-refractivity contribution is 5.86. The first-order chi connectivity index (χ1) is 10.4. The van der Waals surface area contributed by atoms with Crippen LogP contribution in [-0.2, 0) is 11.3 Å². The molecule has 2 rings (SSSR count). The van der Waals surface area contributed by atoms with Crippen molar-refractivity contribution in [3.05, 3.63) is 28.8 Å². The van der Waals surface area contributed by atoms with Gasteiger partial charge in [-0.1, -0.05) is 31.4 Å². The van der Waals surface area contributed by atoms with Crippen LogP contribution >= 0.6 is 0 Å². The van der Waals surface area contributed by atoms with E-state index in [9.17, 15) is 4.79 Å². The molecule has 1 saturated carbocycles. The number of carbonyl (C=O) groups excluding carboxylic acids is 1. The third-order valence-electron chi connectivity index (χ3n) is 4.66. The third kappa shape index (κ3) is 3.43. The number of hydrogen-bond donors (Lipinski definition) is 1. The lowest BCUT2D eigenvalue weighted by Crippen LogP contribution is -2.55. The number of nitrogens with two attached hydrogens (primary N) is 1. The Kier molecular flexibility index (Phi) is 5.12. The Labute approximate surface area is 133 Å². The first-order valence-electron chi connectivity index (χ1n) is 8.06. The maximum absolute atomic E-state index is 12.7. The number of nitrogens with zero attached hydrogens (tertiary/aromatic N) is 1. The summed E-state index contributed by atoms with van der Waals surface area (Å²) >= 11 is 0. The second-order valence-electron chi connectivity index (χ2n) is 6.64. The molecule has 1 aromatic carbocycles. The molecule has 1 fully saturated rings. The molecule has 0 aliphatic heterocycles. The van der Waals surface area contributed by atoms with Gasteiger partial charge in [-0.05, 0) is 43.4 Å². The van der Waals surface area contributed by atoms with Gasteiger partial charge >= 0.3 is 0 Å². The number of aryl methyl sites for hydroxylation is 2. The van der Waals surface area contributed by atoms with Crippen LogP contribution in [-0.4, -0.2) is 30.5 Å². The van der Waals surface area contributed by atoms with Crippen molar-refractivity contribution in [1.82, 2.24) is 4.90 Å². The van der Waals surface area contributed by atoms with Crippen molar-refractivity contribution < 1.29 is 9.53 Å². The number of carbonyl (C=O) groups is 1. The molecule has 0 bridgehead atoms.